The van der Waals surface area contributed by atoms with E-state index >= 15 is 0 Å². The van der Waals surface area contributed by atoms with Crippen LogP contribution in [0.2, 0.25) is 5.02 Å². The molecule has 0 spiro atoms. The molecule has 0 saturated heterocycles. The van der Waals surface area contributed by atoms with Gasteiger partial charge < -0.3 is 9.84 Å². The molecule has 4 rings (SSSR count). The van der Waals surface area contributed by atoms with Crippen molar-refractivity contribution >= 4 is 40.2 Å². The monoisotopic (exact) mass is 429 g/mol. The predicted molar refractivity (Wildman–Crippen MR) is 113 cm³/mol. The van der Waals surface area contributed by atoms with Crippen molar-refractivity contribution < 1.29 is 9.32 Å². The van der Waals surface area contributed by atoms with Crippen LogP contribution in [-0.4, -0.2) is 16.0 Å². The summed E-state index contributed by atoms with van der Waals surface area (Å²) in [6.45, 7) is 4.06. The van der Waals surface area contributed by atoms with Gasteiger partial charge >= 0.3 is 0 Å². The number of carbonyl (C=O) groups excluding carboxylic acids is 1. The van der Waals surface area contributed by atoms with E-state index in [0.717, 1.165) is 20.5 Å². The molecule has 5 nitrogen and oxygen atoms in total. The third-order valence-corrected chi connectivity index (χ3v) is 6.78. The fraction of sp³-hybridized carbons (Fsp3) is 0.150. The molecule has 3 heterocycles. The van der Waals surface area contributed by atoms with Gasteiger partial charge in [0.2, 0.25) is 0 Å². The van der Waals surface area contributed by atoms with Gasteiger partial charge in [-0.2, -0.15) is 0 Å². The zero-order valence-corrected chi connectivity index (χ0v) is 17.5. The zero-order valence-electron chi connectivity index (χ0n) is 15.2. The lowest BCUT2D eigenvalue weighted by Gasteiger charge is -2.06. The SMILES string of the molecule is Cc1nc(-c2cccs2)sc1CNC(=O)c1c(-c2ccccc2Cl)noc1C. The summed E-state index contributed by atoms with van der Waals surface area (Å²) in [5.74, 6) is 0.201. The average Bonchev–Trinajstić information content (AvgIpc) is 3.40. The van der Waals surface area contributed by atoms with Crippen LogP contribution < -0.4 is 5.32 Å². The van der Waals surface area contributed by atoms with Gasteiger partial charge in [0.25, 0.3) is 5.91 Å². The number of thiazole rings is 1. The summed E-state index contributed by atoms with van der Waals surface area (Å²) < 4.78 is 5.28. The number of rotatable bonds is 5. The summed E-state index contributed by atoms with van der Waals surface area (Å²) >= 11 is 9.51. The van der Waals surface area contributed by atoms with Crippen LogP contribution in [-0.2, 0) is 6.54 Å². The van der Waals surface area contributed by atoms with Crippen molar-refractivity contribution in [3.8, 4) is 21.1 Å². The molecule has 0 radical (unpaired) electrons. The Morgan fingerprint density at radius 2 is 2.04 bits per heavy atom. The van der Waals surface area contributed by atoms with E-state index in [1.54, 1.807) is 35.7 Å². The van der Waals surface area contributed by atoms with E-state index in [1.807, 2.05) is 42.6 Å². The average molecular weight is 430 g/mol. The largest absolute Gasteiger partial charge is 0.360 e. The molecule has 0 aliphatic rings. The maximum atomic E-state index is 12.9. The Morgan fingerprint density at radius 1 is 1.21 bits per heavy atom. The molecule has 3 aromatic heterocycles. The highest BCUT2D eigenvalue weighted by atomic mass is 35.5. The molecular weight excluding hydrogens is 414 g/mol. The van der Waals surface area contributed by atoms with Gasteiger partial charge in [0.15, 0.2) is 0 Å². The number of nitrogens with one attached hydrogen (secondary N) is 1. The number of carbonyl (C=O) groups is 1. The highest BCUT2D eigenvalue weighted by Gasteiger charge is 2.23. The van der Waals surface area contributed by atoms with Crippen LogP contribution >= 0.6 is 34.3 Å². The summed E-state index contributed by atoms with van der Waals surface area (Å²) in [4.78, 5) is 19.6. The normalized spacial score (nSPS) is 11.0. The fourth-order valence-corrected chi connectivity index (χ4v) is 4.85. The van der Waals surface area contributed by atoms with Gasteiger partial charge in [-0.15, -0.1) is 22.7 Å². The summed E-state index contributed by atoms with van der Waals surface area (Å²) in [5, 5.41) is 10.5. The number of halogens is 1. The van der Waals surface area contributed by atoms with E-state index < -0.39 is 0 Å². The minimum Gasteiger partial charge on any atom is -0.360 e. The third kappa shape index (κ3) is 3.61. The number of aryl methyl sites for hydroxylation is 2. The Hall–Kier alpha value is -2.48. The fourth-order valence-electron chi connectivity index (χ4n) is 2.82. The Balaban J connectivity index is 1.56. The molecule has 0 unspecified atom stereocenters. The Morgan fingerprint density at radius 3 is 2.79 bits per heavy atom. The van der Waals surface area contributed by atoms with E-state index in [1.165, 1.54) is 0 Å². The summed E-state index contributed by atoms with van der Waals surface area (Å²) in [6, 6.07) is 11.3. The first kappa shape index (κ1) is 18.9. The van der Waals surface area contributed by atoms with Crippen molar-refractivity contribution in [1.29, 1.82) is 0 Å². The molecule has 142 valence electrons. The molecule has 0 fully saturated rings. The molecule has 1 aromatic carbocycles. The smallest absolute Gasteiger partial charge is 0.257 e. The zero-order chi connectivity index (χ0) is 19.7. The molecule has 0 atom stereocenters. The molecule has 1 N–H and O–H groups in total. The van der Waals surface area contributed by atoms with Gasteiger partial charge in [0, 0.05) is 10.4 Å². The lowest BCUT2D eigenvalue weighted by molar-refractivity contribution is 0.0950. The van der Waals surface area contributed by atoms with Crippen LogP contribution in [0.5, 0.6) is 0 Å². The van der Waals surface area contributed by atoms with Crippen molar-refractivity contribution in [2.24, 2.45) is 0 Å². The van der Waals surface area contributed by atoms with Crippen LogP contribution in [0.15, 0.2) is 46.3 Å². The number of hydrogen-bond donors (Lipinski definition) is 1. The van der Waals surface area contributed by atoms with Gasteiger partial charge in [-0.3, -0.25) is 4.79 Å². The van der Waals surface area contributed by atoms with Crippen molar-refractivity contribution in [1.82, 2.24) is 15.5 Å². The lowest BCUT2D eigenvalue weighted by atomic mass is 10.1. The molecule has 4 aromatic rings. The standard InChI is InChI=1S/C20H16ClN3O2S2/c1-11-16(28-20(23-11)15-8-5-9-27-15)10-22-19(25)17-12(2)26-24-18(17)13-6-3-4-7-14(13)21/h3-9H,10H2,1-2H3,(H,22,25). The Labute approximate surface area is 175 Å². The van der Waals surface area contributed by atoms with Crippen LogP contribution in [0.4, 0.5) is 0 Å². The first-order valence-electron chi connectivity index (χ1n) is 8.54. The van der Waals surface area contributed by atoms with E-state index in [2.05, 4.69) is 15.5 Å². The lowest BCUT2D eigenvalue weighted by Crippen LogP contribution is -2.23. The van der Waals surface area contributed by atoms with Crippen molar-refractivity contribution in [3.05, 3.63) is 68.7 Å². The summed E-state index contributed by atoms with van der Waals surface area (Å²) in [5.41, 5.74) is 2.43. The van der Waals surface area contributed by atoms with E-state index in [9.17, 15) is 4.79 Å². The number of benzene rings is 1. The van der Waals surface area contributed by atoms with E-state index in [4.69, 9.17) is 16.1 Å². The minimum atomic E-state index is -0.251. The summed E-state index contributed by atoms with van der Waals surface area (Å²) in [7, 11) is 0. The number of amides is 1. The molecular formula is C20H16ClN3O2S2. The topological polar surface area (TPSA) is 68.0 Å². The van der Waals surface area contributed by atoms with Crippen molar-refractivity contribution in [2.75, 3.05) is 0 Å². The molecule has 8 heteroatoms. The number of hydrogen-bond acceptors (Lipinski definition) is 6. The van der Waals surface area contributed by atoms with Crippen LogP contribution in [0, 0.1) is 13.8 Å². The Bertz CT molecular complexity index is 1130. The highest BCUT2D eigenvalue weighted by molar-refractivity contribution is 7.21. The molecule has 0 bridgehead atoms. The van der Waals surface area contributed by atoms with Gasteiger partial charge in [-0.25, -0.2) is 4.98 Å². The molecule has 0 aliphatic carbocycles. The molecule has 0 aliphatic heterocycles. The number of thiophene rings is 1. The molecule has 28 heavy (non-hydrogen) atoms. The number of aromatic nitrogens is 2. The van der Waals surface area contributed by atoms with Crippen LogP contribution in [0.25, 0.3) is 21.1 Å². The first-order valence-corrected chi connectivity index (χ1v) is 10.6. The number of nitrogens with zero attached hydrogens (tertiary/aromatic N) is 2. The first-order chi connectivity index (χ1) is 13.5. The van der Waals surface area contributed by atoms with Gasteiger partial charge in [-0.05, 0) is 31.4 Å². The molecule has 1 amide bonds. The summed E-state index contributed by atoms with van der Waals surface area (Å²) in [6.07, 6.45) is 0. The van der Waals surface area contributed by atoms with Crippen molar-refractivity contribution in [2.45, 2.75) is 20.4 Å². The van der Waals surface area contributed by atoms with Crippen LogP contribution in [0.1, 0.15) is 26.7 Å². The third-order valence-electron chi connectivity index (χ3n) is 4.25. The highest BCUT2D eigenvalue weighted by Crippen LogP contribution is 2.32. The van der Waals surface area contributed by atoms with E-state index in [0.29, 0.717) is 34.1 Å². The Kier molecular flexibility index (Phi) is 5.30. The second-order valence-corrected chi connectivity index (χ2v) is 8.57. The van der Waals surface area contributed by atoms with Gasteiger partial charge in [0.1, 0.15) is 22.0 Å². The maximum Gasteiger partial charge on any atom is 0.257 e. The maximum absolute atomic E-state index is 12.9. The second kappa shape index (κ2) is 7.87. The second-order valence-electron chi connectivity index (χ2n) is 6.13. The van der Waals surface area contributed by atoms with E-state index in [-0.39, 0.29) is 5.91 Å². The molecule has 0 saturated carbocycles. The minimum absolute atomic E-state index is 0.251. The predicted octanol–water partition coefficient (Wildman–Crippen LogP) is 5.73. The van der Waals surface area contributed by atoms with Gasteiger partial charge in [-0.1, -0.05) is 41.0 Å². The van der Waals surface area contributed by atoms with Crippen LogP contribution in [0.3, 0.4) is 0 Å². The van der Waals surface area contributed by atoms with Gasteiger partial charge in [0.05, 0.1) is 22.1 Å². The quantitative estimate of drug-likeness (QED) is 0.440. The van der Waals surface area contributed by atoms with Crippen molar-refractivity contribution in [3.63, 3.8) is 0 Å².